The maximum absolute atomic E-state index is 9.47. The Kier molecular flexibility index (Phi) is 3.79. The van der Waals surface area contributed by atoms with Gasteiger partial charge in [-0.3, -0.25) is 0 Å². The summed E-state index contributed by atoms with van der Waals surface area (Å²) in [5, 5.41) is 9.47. The molecule has 19 heavy (non-hydrogen) atoms. The van der Waals surface area contributed by atoms with Crippen LogP contribution in [0.1, 0.15) is 44.1 Å². The summed E-state index contributed by atoms with van der Waals surface area (Å²) in [6.07, 6.45) is 5.63. The smallest absolute Gasteiger partial charge is 0.0463 e. The molecule has 3 rings (SSSR count). The molecule has 0 aromatic heterocycles. The Hall–Kier alpha value is -1.02. The van der Waals surface area contributed by atoms with Crippen LogP contribution in [0, 0.1) is 11.8 Å². The van der Waals surface area contributed by atoms with Gasteiger partial charge in [-0.25, -0.2) is 0 Å². The minimum atomic E-state index is 0.288. The normalized spacial score (nSPS) is 24.7. The summed E-state index contributed by atoms with van der Waals surface area (Å²) < 4.78 is 0. The van der Waals surface area contributed by atoms with E-state index in [1.54, 1.807) is 0 Å². The standard InChI is InChI=1S/C17H25NO/c1-13(12-19)16-11-18(10-14-6-2-3-7-14)17-9-5-4-8-15(16)17/h4-5,8-9,13-14,16,19H,2-3,6-7,10-12H2,1H3. The van der Waals surface area contributed by atoms with Gasteiger partial charge in [-0.1, -0.05) is 38.0 Å². The lowest BCUT2D eigenvalue weighted by Crippen LogP contribution is -2.29. The minimum absolute atomic E-state index is 0.288. The van der Waals surface area contributed by atoms with Crippen molar-refractivity contribution in [1.29, 1.82) is 0 Å². The van der Waals surface area contributed by atoms with Crippen molar-refractivity contribution in [2.24, 2.45) is 11.8 Å². The monoisotopic (exact) mass is 259 g/mol. The van der Waals surface area contributed by atoms with Gasteiger partial charge >= 0.3 is 0 Å². The van der Waals surface area contributed by atoms with E-state index in [1.165, 1.54) is 43.5 Å². The van der Waals surface area contributed by atoms with E-state index in [0.29, 0.717) is 11.8 Å². The summed E-state index contributed by atoms with van der Waals surface area (Å²) in [6.45, 7) is 4.76. The van der Waals surface area contributed by atoms with E-state index in [4.69, 9.17) is 0 Å². The molecule has 1 aromatic rings. The third-order valence-corrected chi connectivity index (χ3v) is 5.02. The lowest BCUT2D eigenvalue weighted by Gasteiger charge is -2.24. The van der Waals surface area contributed by atoms with Crippen molar-refractivity contribution in [1.82, 2.24) is 0 Å². The Labute approximate surface area is 116 Å². The molecular weight excluding hydrogens is 234 g/mol. The largest absolute Gasteiger partial charge is 0.396 e. The molecule has 2 unspecified atom stereocenters. The topological polar surface area (TPSA) is 23.5 Å². The molecule has 0 radical (unpaired) electrons. The lowest BCUT2D eigenvalue weighted by molar-refractivity contribution is 0.219. The van der Waals surface area contributed by atoms with E-state index < -0.39 is 0 Å². The average molecular weight is 259 g/mol. The van der Waals surface area contributed by atoms with Crippen molar-refractivity contribution < 1.29 is 5.11 Å². The molecule has 0 bridgehead atoms. The van der Waals surface area contributed by atoms with E-state index in [9.17, 15) is 5.11 Å². The van der Waals surface area contributed by atoms with Gasteiger partial charge < -0.3 is 10.0 Å². The molecule has 2 nitrogen and oxygen atoms in total. The van der Waals surface area contributed by atoms with Gasteiger partial charge in [-0.15, -0.1) is 0 Å². The Balaban J connectivity index is 1.79. The number of anilines is 1. The van der Waals surface area contributed by atoms with Crippen LogP contribution in [0.5, 0.6) is 0 Å². The highest BCUT2D eigenvalue weighted by Crippen LogP contribution is 2.41. The second kappa shape index (κ2) is 5.54. The average Bonchev–Trinajstić information content (AvgIpc) is 3.07. The first-order valence-corrected chi connectivity index (χ1v) is 7.74. The lowest BCUT2D eigenvalue weighted by atomic mass is 9.89. The van der Waals surface area contributed by atoms with Gasteiger partial charge in [0.25, 0.3) is 0 Å². The van der Waals surface area contributed by atoms with Gasteiger partial charge in [-0.2, -0.15) is 0 Å². The predicted octanol–water partition coefficient (Wildman–Crippen LogP) is 3.41. The van der Waals surface area contributed by atoms with Gasteiger partial charge in [0.2, 0.25) is 0 Å². The number of aliphatic hydroxyl groups is 1. The molecule has 2 atom stereocenters. The molecule has 0 spiro atoms. The van der Waals surface area contributed by atoms with Crippen molar-refractivity contribution in [2.75, 3.05) is 24.6 Å². The summed E-state index contributed by atoms with van der Waals surface area (Å²) in [6, 6.07) is 8.79. The molecule has 1 aliphatic carbocycles. The fourth-order valence-corrected chi connectivity index (χ4v) is 3.81. The van der Waals surface area contributed by atoms with Crippen LogP contribution in [0.15, 0.2) is 24.3 Å². The van der Waals surface area contributed by atoms with Gasteiger partial charge in [0.1, 0.15) is 0 Å². The van der Waals surface area contributed by atoms with Crippen molar-refractivity contribution in [2.45, 2.75) is 38.5 Å². The zero-order chi connectivity index (χ0) is 13.2. The van der Waals surface area contributed by atoms with Crippen molar-refractivity contribution in [3.63, 3.8) is 0 Å². The van der Waals surface area contributed by atoms with Crippen molar-refractivity contribution >= 4 is 5.69 Å². The van der Waals surface area contributed by atoms with Gasteiger partial charge in [0.05, 0.1) is 0 Å². The first-order valence-electron chi connectivity index (χ1n) is 7.74. The molecular formula is C17H25NO. The third-order valence-electron chi connectivity index (χ3n) is 5.02. The first-order chi connectivity index (χ1) is 9.29. The molecule has 104 valence electrons. The Morgan fingerprint density at radius 1 is 1.26 bits per heavy atom. The third kappa shape index (κ3) is 2.51. The predicted molar refractivity (Wildman–Crippen MR) is 79.6 cm³/mol. The van der Waals surface area contributed by atoms with Crippen LogP contribution in [-0.4, -0.2) is 24.8 Å². The highest BCUT2D eigenvalue weighted by Gasteiger charge is 2.33. The van der Waals surface area contributed by atoms with Crippen LogP contribution in [-0.2, 0) is 0 Å². The molecule has 2 aliphatic rings. The second-order valence-electron chi connectivity index (χ2n) is 6.38. The minimum Gasteiger partial charge on any atom is -0.396 e. The zero-order valence-corrected chi connectivity index (χ0v) is 11.9. The highest BCUT2D eigenvalue weighted by molar-refractivity contribution is 5.60. The molecule has 1 aromatic carbocycles. The van der Waals surface area contributed by atoms with Crippen molar-refractivity contribution in [3.8, 4) is 0 Å². The van der Waals surface area contributed by atoms with Crippen LogP contribution in [0.4, 0.5) is 5.69 Å². The maximum atomic E-state index is 9.47. The summed E-state index contributed by atoms with van der Waals surface area (Å²) >= 11 is 0. The number of hydrogen-bond acceptors (Lipinski definition) is 2. The van der Waals surface area contributed by atoms with Gasteiger partial charge in [0.15, 0.2) is 0 Å². The Morgan fingerprint density at radius 2 is 2.00 bits per heavy atom. The number of hydrogen-bond donors (Lipinski definition) is 1. The van der Waals surface area contributed by atoms with E-state index in [-0.39, 0.29) is 6.61 Å². The van der Waals surface area contributed by atoms with Gasteiger partial charge in [-0.05, 0) is 36.3 Å². The molecule has 2 heteroatoms. The number of rotatable bonds is 4. The van der Waals surface area contributed by atoms with Crippen LogP contribution < -0.4 is 4.90 Å². The quantitative estimate of drug-likeness (QED) is 0.895. The van der Waals surface area contributed by atoms with E-state index in [2.05, 4.69) is 36.1 Å². The molecule has 0 amide bonds. The molecule has 1 aliphatic heterocycles. The van der Waals surface area contributed by atoms with E-state index in [0.717, 1.165) is 12.5 Å². The fourth-order valence-electron chi connectivity index (χ4n) is 3.81. The molecule has 1 heterocycles. The second-order valence-corrected chi connectivity index (χ2v) is 6.38. The molecule has 1 N–H and O–H groups in total. The number of fused-ring (bicyclic) bond motifs is 1. The van der Waals surface area contributed by atoms with Crippen LogP contribution in [0.3, 0.4) is 0 Å². The number of para-hydroxylation sites is 1. The number of nitrogens with zero attached hydrogens (tertiary/aromatic N) is 1. The van der Waals surface area contributed by atoms with Crippen LogP contribution >= 0.6 is 0 Å². The number of aliphatic hydroxyl groups excluding tert-OH is 1. The Bertz CT molecular complexity index is 425. The zero-order valence-electron chi connectivity index (χ0n) is 11.9. The first kappa shape index (κ1) is 13.0. The molecule has 1 fully saturated rings. The van der Waals surface area contributed by atoms with Crippen molar-refractivity contribution in [3.05, 3.63) is 29.8 Å². The van der Waals surface area contributed by atoms with Gasteiger partial charge in [0, 0.05) is 31.3 Å². The summed E-state index contributed by atoms with van der Waals surface area (Å²) in [5.41, 5.74) is 2.86. The summed E-state index contributed by atoms with van der Waals surface area (Å²) in [7, 11) is 0. The maximum Gasteiger partial charge on any atom is 0.0463 e. The molecule has 1 saturated carbocycles. The SMILES string of the molecule is CC(CO)C1CN(CC2CCCC2)c2ccccc21. The summed E-state index contributed by atoms with van der Waals surface area (Å²) in [4.78, 5) is 2.57. The fraction of sp³-hybridized carbons (Fsp3) is 0.647. The number of benzene rings is 1. The Morgan fingerprint density at radius 3 is 2.74 bits per heavy atom. The van der Waals surface area contributed by atoms with E-state index >= 15 is 0 Å². The molecule has 0 saturated heterocycles. The summed E-state index contributed by atoms with van der Waals surface area (Å²) in [5.74, 6) is 1.74. The van der Waals surface area contributed by atoms with E-state index in [1.807, 2.05) is 0 Å². The highest BCUT2D eigenvalue weighted by atomic mass is 16.3. The van der Waals surface area contributed by atoms with Crippen LogP contribution in [0.25, 0.3) is 0 Å². The van der Waals surface area contributed by atoms with Crippen LogP contribution in [0.2, 0.25) is 0 Å².